The summed E-state index contributed by atoms with van der Waals surface area (Å²) in [5, 5.41) is 0.413. The normalized spacial score (nSPS) is 18.2. The van der Waals surface area contributed by atoms with Crippen molar-refractivity contribution in [2.24, 2.45) is 5.92 Å². The van der Waals surface area contributed by atoms with Crippen LogP contribution >= 0.6 is 11.6 Å². The van der Waals surface area contributed by atoms with E-state index < -0.39 is 6.10 Å². The fourth-order valence-electron chi connectivity index (χ4n) is 2.75. The molecule has 0 amide bonds. The predicted molar refractivity (Wildman–Crippen MR) is 75.4 cm³/mol. The van der Waals surface area contributed by atoms with Crippen molar-refractivity contribution in [2.75, 3.05) is 12.8 Å². The van der Waals surface area contributed by atoms with Crippen LogP contribution in [0.1, 0.15) is 42.5 Å². The second kappa shape index (κ2) is 6.35. The van der Waals surface area contributed by atoms with Gasteiger partial charge in [0, 0.05) is 13.3 Å². The van der Waals surface area contributed by atoms with Gasteiger partial charge in [0.2, 0.25) is 0 Å². The minimum atomic E-state index is -0.442. The fraction of sp³-hybridized carbons (Fsp3) is 0.571. The highest BCUT2D eigenvalue weighted by Gasteiger charge is 2.31. The maximum atomic E-state index is 12.5. The zero-order chi connectivity index (χ0) is 13.8. The topological polar surface area (TPSA) is 65.2 Å². The molecule has 5 heteroatoms. The largest absolute Gasteiger partial charge is 0.383 e. The van der Waals surface area contributed by atoms with Crippen LogP contribution in [0, 0.1) is 5.92 Å². The number of nitrogen functional groups attached to an aromatic ring is 1. The third-order valence-electron chi connectivity index (χ3n) is 3.74. The molecule has 1 atom stereocenters. The summed E-state index contributed by atoms with van der Waals surface area (Å²) in [5.41, 5.74) is 6.13. The Hall–Kier alpha value is -1.13. The Bertz CT molecular complexity index is 459. The quantitative estimate of drug-likeness (QED) is 0.862. The molecule has 1 unspecified atom stereocenters. The molecule has 19 heavy (non-hydrogen) atoms. The molecule has 0 radical (unpaired) electrons. The molecule has 0 bridgehead atoms. The van der Waals surface area contributed by atoms with Crippen LogP contribution in [0.3, 0.4) is 0 Å². The van der Waals surface area contributed by atoms with Gasteiger partial charge in [-0.3, -0.25) is 4.79 Å². The molecule has 1 saturated carbocycles. The van der Waals surface area contributed by atoms with Gasteiger partial charge in [0.15, 0.2) is 5.78 Å². The minimum absolute atomic E-state index is 0.109. The molecule has 4 nitrogen and oxygen atoms in total. The highest BCUT2D eigenvalue weighted by atomic mass is 35.5. The van der Waals surface area contributed by atoms with Gasteiger partial charge in [0.1, 0.15) is 11.9 Å². The van der Waals surface area contributed by atoms with Crippen LogP contribution in [-0.4, -0.2) is 24.0 Å². The van der Waals surface area contributed by atoms with Crippen molar-refractivity contribution in [1.29, 1.82) is 0 Å². The number of pyridine rings is 1. The van der Waals surface area contributed by atoms with Crippen LogP contribution in [0.4, 0.5) is 5.82 Å². The van der Waals surface area contributed by atoms with E-state index in [0.717, 1.165) is 25.7 Å². The summed E-state index contributed by atoms with van der Waals surface area (Å²) in [6.07, 6.45) is 6.60. The van der Waals surface area contributed by atoms with Gasteiger partial charge < -0.3 is 10.5 Å². The molecule has 1 aliphatic rings. The first-order valence-corrected chi connectivity index (χ1v) is 6.99. The zero-order valence-electron chi connectivity index (χ0n) is 11.1. The summed E-state index contributed by atoms with van der Waals surface area (Å²) in [6, 6.07) is 1.57. The standard InChI is InChI=1S/C14H19ClN2O2/c1-19-13(9-5-3-2-4-6-9)12(18)11-7-10(15)8-17-14(11)16/h7-9,13H,2-6H2,1H3,(H2,16,17). The number of ketones is 1. The Morgan fingerprint density at radius 3 is 2.79 bits per heavy atom. The van der Waals surface area contributed by atoms with Crippen molar-refractivity contribution in [3.63, 3.8) is 0 Å². The van der Waals surface area contributed by atoms with E-state index in [0.29, 0.717) is 10.6 Å². The maximum absolute atomic E-state index is 12.5. The summed E-state index contributed by atoms with van der Waals surface area (Å²) in [6.45, 7) is 0. The number of Topliss-reactive ketones (excluding diaryl/α,β-unsaturated/α-hetero) is 1. The smallest absolute Gasteiger partial charge is 0.195 e. The maximum Gasteiger partial charge on any atom is 0.195 e. The molecule has 0 aromatic carbocycles. The fourth-order valence-corrected chi connectivity index (χ4v) is 2.91. The molecule has 1 aliphatic carbocycles. The monoisotopic (exact) mass is 282 g/mol. The van der Waals surface area contributed by atoms with E-state index in [1.807, 2.05) is 0 Å². The average molecular weight is 283 g/mol. The van der Waals surface area contributed by atoms with Gasteiger partial charge in [-0.2, -0.15) is 0 Å². The molecule has 1 heterocycles. The molecule has 0 aliphatic heterocycles. The van der Waals surface area contributed by atoms with E-state index in [-0.39, 0.29) is 17.5 Å². The van der Waals surface area contributed by atoms with E-state index in [9.17, 15) is 4.79 Å². The molecule has 104 valence electrons. The summed E-state index contributed by atoms with van der Waals surface area (Å²) in [7, 11) is 1.57. The van der Waals surface area contributed by atoms with Crippen molar-refractivity contribution >= 4 is 23.2 Å². The molecule has 0 saturated heterocycles. The molecule has 2 N–H and O–H groups in total. The molecule has 1 aromatic heterocycles. The Morgan fingerprint density at radius 1 is 1.47 bits per heavy atom. The van der Waals surface area contributed by atoms with Gasteiger partial charge in [0.25, 0.3) is 0 Å². The number of nitrogens with zero attached hydrogens (tertiary/aromatic N) is 1. The Balaban J connectivity index is 2.22. The Labute approximate surface area is 118 Å². The lowest BCUT2D eigenvalue weighted by Gasteiger charge is -2.28. The number of methoxy groups -OCH3 is 1. The van der Waals surface area contributed by atoms with Crippen LogP contribution in [0.25, 0.3) is 0 Å². The number of halogens is 1. The predicted octanol–water partition coefficient (Wildman–Crippen LogP) is 3.10. The number of nitrogens with two attached hydrogens (primary N) is 1. The van der Waals surface area contributed by atoms with Crippen molar-refractivity contribution < 1.29 is 9.53 Å². The third kappa shape index (κ3) is 3.25. The van der Waals surface area contributed by atoms with Crippen LogP contribution < -0.4 is 5.73 Å². The lowest BCUT2D eigenvalue weighted by molar-refractivity contribution is 0.0315. The number of hydrogen-bond donors (Lipinski definition) is 1. The molecule has 2 rings (SSSR count). The Morgan fingerprint density at radius 2 is 2.16 bits per heavy atom. The molecule has 1 fully saturated rings. The van der Waals surface area contributed by atoms with Gasteiger partial charge >= 0.3 is 0 Å². The van der Waals surface area contributed by atoms with Crippen molar-refractivity contribution in [3.8, 4) is 0 Å². The number of ether oxygens (including phenoxy) is 1. The van der Waals surface area contributed by atoms with Gasteiger partial charge in [-0.25, -0.2) is 4.98 Å². The summed E-state index contributed by atoms with van der Waals surface area (Å²) in [5.74, 6) is 0.374. The summed E-state index contributed by atoms with van der Waals surface area (Å²) < 4.78 is 5.42. The highest BCUT2D eigenvalue weighted by Crippen LogP contribution is 2.30. The van der Waals surface area contributed by atoms with Gasteiger partial charge in [-0.05, 0) is 24.8 Å². The number of hydrogen-bond acceptors (Lipinski definition) is 4. The second-order valence-electron chi connectivity index (χ2n) is 5.00. The average Bonchev–Trinajstić information content (AvgIpc) is 2.43. The number of rotatable bonds is 4. The van der Waals surface area contributed by atoms with Crippen LogP contribution in [-0.2, 0) is 4.74 Å². The lowest BCUT2D eigenvalue weighted by Crippen LogP contribution is -2.33. The van der Waals surface area contributed by atoms with Crippen LogP contribution in [0.15, 0.2) is 12.3 Å². The van der Waals surface area contributed by atoms with E-state index in [2.05, 4.69) is 4.98 Å². The Kier molecular flexibility index (Phi) is 4.77. The van der Waals surface area contributed by atoms with E-state index >= 15 is 0 Å². The first-order chi connectivity index (χ1) is 9.13. The molecular formula is C14H19ClN2O2. The van der Waals surface area contributed by atoms with Crippen molar-refractivity contribution in [1.82, 2.24) is 4.98 Å². The van der Waals surface area contributed by atoms with Crippen LogP contribution in [0.5, 0.6) is 0 Å². The molecule has 1 aromatic rings. The van der Waals surface area contributed by atoms with Gasteiger partial charge in [-0.1, -0.05) is 30.9 Å². The number of anilines is 1. The first kappa shape index (κ1) is 14.3. The summed E-state index contributed by atoms with van der Waals surface area (Å²) in [4.78, 5) is 16.5. The number of carbonyl (C=O) groups excluding carboxylic acids is 1. The van der Waals surface area contributed by atoms with E-state index in [1.165, 1.54) is 12.6 Å². The summed E-state index contributed by atoms with van der Waals surface area (Å²) >= 11 is 5.88. The second-order valence-corrected chi connectivity index (χ2v) is 5.44. The van der Waals surface area contributed by atoms with Gasteiger partial charge in [0.05, 0.1) is 10.6 Å². The number of aromatic nitrogens is 1. The van der Waals surface area contributed by atoms with E-state index in [1.54, 1.807) is 13.2 Å². The third-order valence-corrected chi connectivity index (χ3v) is 3.95. The van der Waals surface area contributed by atoms with Crippen molar-refractivity contribution in [2.45, 2.75) is 38.2 Å². The van der Waals surface area contributed by atoms with Gasteiger partial charge in [-0.15, -0.1) is 0 Å². The highest BCUT2D eigenvalue weighted by molar-refractivity contribution is 6.31. The first-order valence-electron chi connectivity index (χ1n) is 6.61. The van der Waals surface area contributed by atoms with E-state index in [4.69, 9.17) is 22.1 Å². The van der Waals surface area contributed by atoms with Crippen LogP contribution in [0.2, 0.25) is 5.02 Å². The SMILES string of the molecule is COC(C(=O)c1cc(Cl)cnc1N)C1CCCCC1. The van der Waals surface area contributed by atoms with Crippen molar-refractivity contribution in [3.05, 3.63) is 22.8 Å². The lowest BCUT2D eigenvalue weighted by atomic mass is 9.82. The molecule has 0 spiro atoms. The number of carbonyl (C=O) groups is 1. The minimum Gasteiger partial charge on any atom is -0.383 e. The molecular weight excluding hydrogens is 264 g/mol. The zero-order valence-corrected chi connectivity index (χ0v) is 11.8.